The average Bonchev–Trinajstić information content (AvgIpc) is 2.83. The summed E-state index contributed by atoms with van der Waals surface area (Å²) in [5.41, 5.74) is 0.896. The van der Waals surface area contributed by atoms with E-state index in [0.717, 1.165) is 20.6 Å². The zero-order chi connectivity index (χ0) is 14.3. The zero-order valence-corrected chi connectivity index (χ0v) is 13.2. The Bertz CT molecular complexity index is 828. The van der Waals surface area contributed by atoms with Crippen molar-refractivity contribution < 1.29 is 9.18 Å². The molecule has 0 atom stereocenters. The van der Waals surface area contributed by atoms with E-state index in [-0.39, 0.29) is 10.8 Å². The molecule has 100 valence electrons. The van der Waals surface area contributed by atoms with Crippen molar-refractivity contribution in [3.8, 4) is 0 Å². The van der Waals surface area contributed by atoms with E-state index in [9.17, 15) is 9.18 Å². The second-order valence-corrected chi connectivity index (χ2v) is 6.36. The van der Waals surface area contributed by atoms with Gasteiger partial charge in [-0.1, -0.05) is 23.7 Å². The lowest BCUT2D eigenvalue weighted by atomic mass is 10.0. The molecule has 1 nitrogen and oxygen atoms in total. The van der Waals surface area contributed by atoms with Crippen molar-refractivity contribution >= 4 is 54.7 Å². The SMILES string of the molecule is O=C(c1ccc(F)cc1Cl)c1csc2c(Br)cccc12. The second kappa shape index (κ2) is 5.28. The Morgan fingerprint density at radius 2 is 2.00 bits per heavy atom. The van der Waals surface area contributed by atoms with Gasteiger partial charge in [0.1, 0.15) is 5.82 Å². The normalized spacial score (nSPS) is 10.9. The van der Waals surface area contributed by atoms with Crippen LogP contribution in [0.15, 0.2) is 46.3 Å². The van der Waals surface area contributed by atoms with Crippen LogP contribution in [0.1, 0.15) is 15.9 Å². The number of hydrogen-bond donors (Lipinski definition) is 0. The standard InChI is InChI=1S/C15H7BrClFOS/c16-12-3-1-2-9-11(7-20-15(9)12)14(19)10-5-4-8(18)6-13(10)17/h1-7H. The van der Waals surface area contributed by atoms with Gasteiger partial charge in [-0.3, -0.25) is 4.79 Å². The largest absolute Gasteiger partial charge is 0.289 e. The maximum absolute atomic E-state index is 13.1. The van der Waals surface area contributed by atoms with E-state index in [0.29, 0.717) is 11.1 Å². The highest BCUT2D eigenvalue weighted by Gasteiger charge is 2.18. The lowest BCUT2D eigenvalue weighted by molar-refractivity contribution is 0.104. The van der Waals surface area contributed by atoms with Crippen molar-refractivity contribution in [1.82, 2.24) is 0 Å². The van der Waals surface area contributed by atoms with Gasteiger partial charge in [-0.2, -0.15) is 0 Å². The van der Waals surface area contributed by atoms with E-state index in [4.69, 9.17) is 11.6 Å². The molecule has 0 saturated heterocycles. The quantitative estimate of drug-likeness (QED) is 0.531. The molecule has 5 heteroatoms. The number of hydrogen-bond acceptors (Lipinski definition) is 2. The number of ketones is 1. The van der Waals surface area contributed by atoms with E-state index >= 15 is 0 Å². The van der Waals surface area contributed by atoms with Crippen molar-refractivity contribution in [3.63, 3.8) is 0 Å². The highest BCUT2D eigenvalue weighted by atomic mass is 79.9. The molecule has 0 aliphatic heterocycles. The number of carbonyl (C=O) groups excluding carboxylic acids is 1. The molecule has 0 spiro atoms. The number of rotatable bonds is 2. The lowest BCUT2D eigenvalue weighted by Gasteiger charge is -2.03. The third-order valence-electron chi connectivity index (χ3n) is 2.97. The molecule has 3 rings (SSSR count). The highest BCUT2D eigenvalue weighted by Crippen LogP contribution is 2.34. The Morgan fingerprint density at radius 1 is 1.20 bits per heavy atom. The number of carbonyl (C=O) groups is 1. The Kier molecular flexibility index (Phi) is 3.63. The molecular weight excluding hydrogens is 363 g/mol. The molecule has 1 aromatic heterocycles. The first-order chi connectivity index (χ1) is 9.58. The minimum atomic E-state index is -0.454. The molecule has 0 aliphatic rings. The van der Waals surface area contributed by atoms with Crippen LogP contribution in [0.3, 0.4) is 0 Å². The molecule has 20 heavy (non-hydrogen) atoms. The van der Waals surface area contributed by atoms with Crippen LogP contribution >= 0.6 is 38.9 Å². The smallest absolute Gasteiger partial charge is 0.195 e. The monoisotopic (exact) mass is 368 g/mol. The van der Waals surface area contributed by atoms with Crippen LogP contribution in [0.4, 0.5) is 4.39 Å². The van der Waals surface area contributed by atoms with Crippen LogP contribution in [0, 0.1) is 5.82 Å². The zero-order valence-electron chi connectivity index (χ0n) is 9.99. The van der Waals surface area contributed by atoms with E-state index in [1.165, 1.54) is 23.5 Å². The van der Waals surface area contributed by atoms with Crippen LogP contribution in [0.5, 0.6) is 0 Å². The summed E-state index contributed by atoms with van der Waals surface area (Å²) in [5, 5.41) is 2.80. The van der Waals surface area contributed by atoms with Crippen LogP contribution in [-0.4, -0.2) is 5.78 Å². The summed E-state index contributed by atoms with van der Waals surface area (Å²) in [4.78, 5) is 12.5. The summed E-state index contributed by atoms with van der Waals surface area (Å²) in [5.74, 6) is -0.649. The van der Waals surface area contributed by atoms with Crippen LogP contribution in [0.2, 0.25) is 5.02 Å². The van der Waals surface area contributed by atoms with Gasteiger partial charge in [0.25, 0.3) is 0 Å². The molecule has 3 aromatic rings. The van der Waals surface area contributed by atoms with Gasteiger partial charge in [0.15, 0.2) is 5.78 Å². The molecule has 0 N–H and O–H groups in total. The molecule has 0 fully saturated rings. The van der Waals surface area contributed by atoms with E-state index < -0.39 is 5.82 Å². The number of benzene rings is 2. The summed E-state index contributed by atoms with van der Waals surface area (Å²) in [7, 11) is 0. The maximum atomic E-state index is 13.1. The van der Waals surface area contributed by atoms with Gasteiger partial charge >= 0.3 is 0 Å². The first kappa shape index (κ1) is 13.7. The number of fused-ring (bicyclic) bond motifs is 1. The predicted molar refractivity (Wildman–Crippen MR) is 84.4 cm³/mol. The van der Waals surface area contributed by atoms with Gasteiger partial charge in [-0.05, 0) is 40.2 Å². The summed E-state index contributed by atoms with van der Waals surface area (Å²) in [6, 6.07) is 9.51. The maximum Gasteiger partial charge on any atom is 0.195 e. The van der Waals surface area contributed by atoms with Crippen molar-refractivity contribution in [2.75, 3.05) is 0 Å². The fraction of sp³-hybridized carbons (Fsp3) is 0. The summed E-state index contributed by atoms with van der Waals surface area (Å²) in [6.07, 6.45) is 0. The number of thiophene rings is 1. The van der Waals surface area contributed by atoms with Gasteiger partial charge < -0.3 is 0 Å². The molecule has 0 radical (unpaired) electrons. The van der Waals surface area contributed by atoms with Gasteiger partial charge in [-0.25, -0.2) is 4.39 Å². The molecule has 0 amide bonds. The van der Waals surface area contributed by atoms with E-state index in [2.05, 4.69) is 15.9 Å². The van der Waals surface area contributed by atoms with Gasteiger partial charge in [0.05, 0.1) is 5.02 Å². The Labute approximate surface area is 132 Å². The third-order valence-corrected chi connectivity index (χ3v) is 5.24. The Hall–Kier alpha value is -1.23. The van der Waals surface area contributed by atoms with E-state index in [1.54, 1.807) is 5.38 Å². The molecule has 0 bridgehead atoms. The minimum Gasteiger partial charge on any atom is -0.289 e. The molecule has 2 aromatic carbocycles. The summed E-state index contributed by atoms with van der Waals surface area (Å²) >= 11 is 10.9. The topological polar surface area (TPSA) is 17.1 Å². The van der Waals surface area contributed by atoms with Gasteiger partial charge in [-0.15, -0.1) is 11.3 Å². The van der Waals surface area contributed by atoms with Crippen LogP contribution in [-0.2, 0) is 0 Å². The molecule has 0 aliphatic carbocycles. The first-order valence-corrected chi connectivity index (χ1v) is 7.78. The molecular formula is C15H7BrClFOS. The fourth-order valence-corrected chi connectivity index (χ4v) is 3.87. The van der Waals surface area contributed by atoms with Crippen molar-refractivity contribution in [2.45, 2.75) is 0 Å². The highest BCUT2D eigenvalue weighted by molar-refractivity contribution is 9.10. The molecule has 0 saturated carbocycles. The Morgan fingerprint density at radius 3 is 2.75 bits per heavy atom. The van der Waals surface area contributed by atoms with Crippen molar-refractivity contribution in [3.05, 3.63) is 68.2 Å². The van der Waals surface area contributed by atoms with Crippen LogP contribution in [0.25, 0.3) is 10.1 Å². The lowest BCUT2D eigenvalue weighted by Crippen LogP contribution is -2.01. The van der Waals surface area contributed by atoms with Gasteiger partial charge in [0, 0.05) is 31.1 Å². The first-order valence-electron chi connectivity index (χ1n) is 5.73. The number of halogens is 3. The molecule has 0 unspecified atom stereocenters. The third kappa shape index (κ3) is 2.28. The van der Waals surface area contributed by atoms with Gasteiger partial charge in [0.2, 0.25) is 0 Å². The summed E-state index contributed by atoms with van der Waals surface area (Å²) < 4.78 is 15.0. The fourth-order valence-electron chi connectivity index (χ4n) is 2.02. The van der Waals surface area contributed by atoms with Crippen molar-refractivity contribution in [2.24, 2.45) is 0 Å². The van der Waals surface area contributed by atoms with E-state index in [1.807, 2.05) is 18.2 Å². The Balaban J connectivity index is 2.16. The van der Waals surface area contributed by atoms with Crippen LogP contribution < -0.4 is 0 Å². The summed E-state index contributed by atoms with van der Waals surface area (Å²) in [6.45, 7) is 0. The average molecular weight is 370 g/mol. The van der Waals surface area contributed by atoms with Crippen molar-refractivity contribution in [1.29, 1.82) is 0 Å². The minimum absolute atomic E-state index is 0.129. The second-order valence-electron chi connectivity index (χ2n) is 4.22. The predicted octanol–water partition coefficient (Wildman–Crippen LogP) is 5.69. The molecule has 1 heterocycles.